The molecule has 3 aromatic rings. The first-order chi connectivity index (χ1) is 16.4. The Kier molecular flexibility index (Phi) is 7.46. The Morgan fingerprint density at radius 2 is 1.77 bits per heavy atom. The third-order valence-electron chi connectivity index (χ3n) is 4.39. The number of halogens is 5. The molecule has 1 N–H and O–H groups in total. The van der Waals surface area contributed by atoms with Gasteiger partial charge in [-0.2, -0.15) is 13.2 Å². The van der Waals surface area contributed by atoms with Crippen LogP contribution in [0.4, 0.5) is 24.5 Å². The Morgan fingerprint density at radius 1 is 1.06 bits per heavy atom. The van der Waals surface area contributed by atoms with Gasteiger partial charge in [0.2, 0.25) is 5.88 Å². The summed E-state index contributed by atoms with van der Waals surface area (Å²) in [6.45, 7) is 0. The minimum atomic E-state index is -4.67. The quantitative estimate of drug-likeness (QED) is 0.231. The molecular weight excluding hydrogens is 518 g/mol. The number of anilines is 1. The molecule has 14 heteroatoms. The maximum Gasteiger partial charge on any atom is 0.417 e. The van der Waals surface area contributed by atoms with E-state index in [9.17, 15) is 32.9 Å². The van der Waals surface area contributed by atoms with E-state index in [2.05, 4.69) is 15.0 Å². The van der Waals surface area contributed by atoms with Gasteiger partial charge in [-0.1, -0.05) is 23.2 Å². The van der Waals surface area contributed by atoms with Crippen molar-refractivity contribution in [1.29, 1.82) is 0 Å². The first-order valence-corrected chi connectivity index (χ1v) is 10.0. The highest BCUT2D eigenvalue weighted by atomic mass is 35.5. The molecule has 0 aliphatic rings. The average molecular weight is 530 g/mol. The summed E-state index contributed by atoms with van der Waals surface area (Å²) in [5.74, 6) is -2.31. The summed E-state index contributed by atoms with van der Waals surface area (Å²) < 4.78 is 48.6. The van der Waals surface area contributed by atoms with E-state index in [-0.39, 0.29) is 33.3 Å². The number of nitrogens with zero attached hydrogens (tertiary/aromatic N) is 2. The molecule has 0 unspecified atom stereocenters. The van der Waals surface area contributed by atoms with Crippen molar-refractivity contribution in [3.63, 3.8) is 0 Å². The summed E-state index contributed by atoms with van der Waals surface area (Å²) >= 11 is 11.8. The minimum absolute atomic E-state index is 0.0516. The van der Waals surface area contributed by atoms with Crippen molar-refractivity contribution >= 4 is 46.5 Å². The van der Waals surface area contributed by atoms with Crippen LogP contribution in [0.5, 0.6) is 11.6 Å². The first-order valence-electron chi connectivity index (χ1n) is 9.29. The Balaban J connectivity index is 1.91. The normalized spacial score (nSPS) is 11.0. The molecule has 0 saturated carbocycles. The van der Waals surface area contributed by atoms with E-state index in [1.807, 2.05) is 0 Å². The van der Waals surface area contributed by atoms with Crippen molar-refractivity contribution in [3.05, 3.63) is 85.5 Å². The number of carbonyl (C=O) groups is 2. The maximum atomic E-state index is 12.8. The molecule has 3 rings (SSSR count). The van der Waals surface area contributed by atoms with Crippen LogP contribution in [0.25, 0.3) is 0 Å². The fourth-order valence-electron chi connectivity index (χ4n) is 2.73. The molecular formula is C21H12Cl2F3N3O6. The Labute approximate surface area is 204 Å². The van der Waals surface area contributed by atoms with E-state index in [1.165, 1.54) is 18.2 Å². The molecule has 0 radical (unpaired) electrons. The number of aromatic nitrogens is 1. The number of alkyl halides is 3. The lowest BCUT2D eigenvalue weighted by molar-refractivity contribution is -0.384. The molecule has 0 fully saturated rings. The number of benzene rings is 2. The highest BCUT2D eigenvalue weighted by Crippen LogP contribution is 2.36. The number of amides is 1. The van der Waals surface area contributed by atoms with Gasteiger partial charge in [-0.25, -0.2) is 9.78 Å². The number of pyridine rings is 1. The fourth-order valence-corrected chi connectivity index (χ4v) is 3.13. The van der Waals surface area contributed by atoms with E-state index in [0.717, 1.165) is 25.3 Å². The van der Waals surface area contributed by atoms with Crippen molar-refractivity contribution in [1.82, 2.24) is 4.98 Å². The lowest BCUT2D eigenvalue weighted by atomic mass is 10.1. The number of carbonyl (C=O) groups excluding carboxylic acids is 2. The molecule has 2 aromatic carbocycles. The highest BCUT2D eigenvalue weighted by Gasteiger charge is 2.32. The van der Waals surface area contributed by atoms with Crippen molar-refractivity contribution in [2.75, 3.05) is 12.4 Å². The number of hydrogen-bond acceptors (Lipinski definition) is 7. The predicted molar refractivity (Wildman–Crippen MR) is 118 cm³/mol. The molecule has 9 nitrogen and oxygen atoms in total. The number of nitrogens with one attached hydrogen (secondary N) is 1. The first kappa shape index (κ1) is 25.7. The number of methoxy groups -OCH3 is 1. The summed E-state index contributed by atoms with van der Waals surface area (Å²) in [4.78, 5) is 38.7. The molecule has 182 valence electrons. The predicted octanol–water partition coefficient (Wildman–Crippen LogP) is 6.15. The third kappa shape index (κ3) is 5.97. The second kappa shape index (κ2) is 10.2. The van der Waals surface area contributed by atoms with Crippen molar-refractivity contribution in [2.24, 2.45) is 0 Å². The van der Waals surface area contributed by atoms with Crippen molar-refractivity contribution in [2.45, 2.75) is 6.18 Å². The van der Waals surface area contributed by atoms with Gasteiger partial charge in [-0.05, 0) is 30.3 Å². The van der Waals surface area contributed by atoms with Crippen LogP contribution >= 0.6 is 23.2 Å². The van der Waals surface area contributed by atoms with Crippen LogP contribution in [0.3, 0.4) is 0 Å². The lowest BCUT2D eigenvalue weighted by Crippen LogP contribution is -2.14. The average Bonchev–Trinajstić information content (AvgIpc) is 2.80. The number of non-ortho nitro benzene ring substituents is 1. The zero-order valence-corrected chi connectivity index (χ0v) is 18.9. The van der Waals surface area contributed by atoms with Gasteiger partial charge in [0.15, 0.2) is 0 Å². The van der Waals surface area contributed by atoms with Gasteiger partial charge in [-0.3, -0.25) is 14.9 Å². The maximum absolute atomic E-state index is 12.8. The molecule has 1 aromatic heterocycles. The van der Waals surface area contributed by atoms with E-state index in [1.54, 1.807) is 0 Å². The van der Waals surface area contributed by atoms with E-state index < -0.39 is 39.4 Å². The van der Waals surface area contributed by atoms with Gasteiger partial charge in [0, 0.05) is 24.0 Å². The van der Waals surface area contributed by atoms with Crippen LogP contribution in [-0.4, -0.2) is 28.9 Å². The van der Waals surface area contributed by atoms with Gasteiger partial charge in [0.25, 0.3) is 11.6 Å². The van der Waals surface area contributed by atoms with Crippen LogP contribution < -0.4 is 10.1 Å². The number of esters is 1. The van der Waals surface area contributed by atoms with Crippen molar-refractivity contribution in [3.8, 4) is 11.6 Å². The van der Waals surface area contributed by atoms with E-state index in [0.29, 0.717) is 12.3 Å². The van der Waals surface area contributed by atoms with Crippen LogP contribution in [0.15, 0.2) is 48.7 Å². The molecule has 0 bridgehead atoms. The molecule has 0 aliphatic heterocycles. The molecule has 1 heterocycles. The highest BCUT2D eigenvalue weighted by molar-refractivity contribution is 6.34. The van der Waals surface area contributed by atoms with Gasteiger partial charge in [0.05, 0.1) is 28.2 Å². The molecule has 0 spiro atoms. The zero-order valence-electron chi connectivity index (χ0n) is 17.4. The number of rotatable bonds is 6. The smallest absolute Gasteiger partial charge is 0.417 e. The summed E-state index contributed by atoms with van der Waals surface area (Å²) in [6.07, 6.45) is -4.16. The Morgan fingerprint density at radius 3 is 2.37 bits per heavy atom. The van der Waals surface area contributed by atoms with Gasteiger partial charge < -0.3 is 14.8 Å². The zero-order chi connectivity index (χ0) is 25.9. The standard InChI is InChI=1S/C21H12Cl2F3N3O6/c1-34-20(31)14-7-11(28-18(30)13-8-12(29(32)33)3-4-15(13)22)2-5-17(14)35-19-16(23)6-10(9-27-19)21(24,25)26/h2-9H,1H3,(H,28,30). The topological polar surface area (TPSA) is 121 Å². The van der Waals surface area contributed by atoms with Gasteiger partial charge >= 0.3 is 12.1 Å². The van der Waals surface area contributed by atoms with E-state index >= 15 is 0 Å². The molecule has 1 amide bonds. The summed E-state index contributed by atoms with van der Waals surface area (Å²) in [5.41, 5.74) is -1.83. The summed E-state index contributed by atoms with van der Waals surface area (Å²) in [5, 5.41) is 12.9. The minimum Gasteiger partial charge on any atom is -0.465 e. The monoisotopic (exact) mass is 529 g/mol. The van der Waals surface area contributed by atoms with E-state index in [4.69, 9.17) is 27.9 Å². The van der Waals surface area contributed by atoms with Crippen LogP contribution in [0.2, 0.25) is 10.0 Å². The van der Waals surface area contributed by atoms with Crippen LogP contribution in [-0.2, 0) is 10.9 Å². The number of nitro groups is 1. The van der Waals surface area contributed by atoms with Gasteiger partial charge in [-0.15, -0.1) is 0 Å². The van der Waals surface area contributed by atoms with Crippen LogP contribution in [0, 0.1) is 10.1 Å². The second-order valence-corrected chi connectivity index (χ2v) is 7.50. The summed E-state index contributed by atoms with van der Waals surface area (Å²) in [7, 11) is 1.07. The van der Waals surface area contributed by atoms with Crippen molar-refractivity contribution < 1.29 is 37.2 Å². The number of hydrogen-bond donors (Lipinski definition) is 1. The Hall–Kier alpha value is -3.90. The fraction of sp³-hybridized carbons (Fsp3) is 0.0952. The molecule has 0 saturated heterocycles. The third-order valence-corrected chi connectivity index (χ3v) is 4.99. The largest absolute Gasteiger partial charge is 0.465 e. The van der Waals surface area contributed by atoms with Crippen LogP contribution in [0.1, 0.15) is 26.3 Å². The molecule has 35 heavy (non-hydrogen) atoms. The molecule has 0 atom stereocenters. The summed E-state index contributed by atoms with van der Waals surface area (Å²) in [6, 6.07) is 7.57. The number of ether oxygens (including phenoxy) is 2. The van der Waals surface area contributed by atoms with Gasteiger partial charge in [0.1, 0.15) is 16.3 Å². The lowest BCUT2D eigenvalue weighted by Gasteiger charge is -2.14. The molecule has 0 aliphatic carbocycles. The second-order valence-electron chi connectivity index (χ2n) is 6.69. The number of nitro benzene ring substituents is 1. The SMILES string of the molecule is COC(=O)c1cc(NC(=O)c2cc([N+](=O)[O-])ccc2Cl)ccc1Oc1ncc(C(F)(F)F)cc1Cl. The Bertz CT molecular complexity index is 1330.